The summed E-state index contributed by atoms with van der Waals surface area (Å²) < 4.78 is 5.23. The third-order valence-corrected chi connectivity index (χ3v) is 7.05. The molecule has 0 saturated carbocycles. The van der Waals surface area contributed by atoms with Crippen molar-refractivity contribution in [3.8, 4) is 5.75 Å². The molecule has 8 heteroatoms. The minimum atomic E-state index is 0. The van der Waals surface area contributed by atoms with E-state index in [0.717, 1.165) is 41.8 Å². The van der Waals surface area contributed by atoms with Crippen LogP contribution in [0, 0.1) is 0 Å². The quantitative estimate of drug-likeness (QED) is 0.302. The summed E-state index contributed by atoms with van der Waals surface area (Å²) in [5, 5.41) is 7.84. The number of aliphatic imine (C=N–C) groups is 1. The summed E-state index contributed by atoms with van der Waals surface area (Å²) in [5.74, 6) is 1.66. The monoisotopic (exact) mass is 563 g/mol. The summed E-state index contributed by atoms with van der Waals surface area (Å²) >= 11 is 6.37. The maximum absolute atomic E-state index is 6.37. The molecule has 2 fully saturated rings. The predicted molar refractivity (Wildman–Crippen MR) is 141 cm³/mol. The first kappa shape index (κ1) is 26.5. The number of hydrogen-bond acceptors (Lipinski definition) is 4. The Labute approximate surface area is 210 Å². The van der Waals surface area contributed by atoms with Crippen LogP contribution in [0.1, 0.15) is 37.7 Å². The second-order valence-electron chi connectivity index (χ2n) is 8.64. The minimum Gasteiger partial charge on any atom is -0.497 e. The van der Waals surface area contributed by atoms with Crippen molar-refractivity contribution in [1.29, 1.82) is 0 Å². The van der Waals surface area contributed by atoms with Gasteiger partial charge in [-0.1, -0.05) is 24.1 Å². The van der Waals surface area contributed by atoms with Crippen LogP contribution in [-0.2, 0) is 6.42 Å². The average Bonchev–Trinajstić information content (AvgIpc) is 2.79. The number of nitrogens with zero attached hydrogens (tertiary/aromatic N) is 3. The Hall–Kier alpha value is -0.770. The largest absolute Gasteiger partial charge is 0.497 e. The zero-order valence-electron chi connectivity index (χ0n) is 19.3. The van der Waals surface area contributed by atoms with Crippen LogP contribution in [0.15, 0.2) is 23.2 Å². The van der Waals surface area contributed by atoms with E-state index >= 15 is 0 Å². The van der Waals surface area contributed by atoms with E-state index in [2.05, 4.69) is 32.5 Å². The maximum atomic E-state index is 6.37. The molecule has 176 valence electrons. The summed E-state index contributed by atoms with van der Waals surface area (Å²) in [6.07, 6.45) is 7.30. The Morgan fingerprint density at radius 1 is 1.13 bits per heavy atom. The Kier molecular flexibility index (Phi) is 11.2. The fourth-order valence-corrected chi connectivity index (χ4v) is 4.92. The molecule has 1 aromatic carbocycles. The van der Waals surface area contributed by atoms with Gasteiger partial charge < -0.3 is 20.3 Å². The molecule has 31 heavy (non-hydrogen) atoms. The van der Waals surface area contributed by atoms with Gasteiger partial charge in [-0.25, -0.2) is 0 Å². The maximum Gasteiger partial charge on any atom is 0.191 e. The Bertz CT molecular complexity index is 703. The zero-order chi connectivity index (χ0) is 21.4. The van der Waals surface area contributed by atoms with Crippen LogP contribution < -0.4 is 15.4 Å². The van der Waals surface area contributed by atoms with Gasteiger partial charge in [0, 0.05) is 30.7 Å². The fourth-order valence-electron chi connectivity index (χ4n) is 4.65. The van der Waals surface area contributed by atoms with Gasteiger partial charge in [-0.05, 0) is 83.0 Å². The van der Waals surface area contributed by atoms with Crippen LogP contribution in [0.2, 0.25) is 5.02 Å². The van der Waals surface area contributed by atoms with Gasteiger partial charge >= 0.3 is 0 Å². The number of likely N-dealkylation sites (tertiary alicyclic amines) is 2. The van der Waals surface area contributed by atoms with E-state index in [1.54, 1.807) is 7.11 Å². The van der Waals surface area contributed by atoms with E-state index < -0.39 is 0 Å². The van der Waals surface area contributed by atoms with Crippen molar-refractivity contribution in [2.24, 2.45) is 4.99 Å². The first-order valence-corrected chi connectivity index (χ1v) is 11.6. The lowest BCUT2D eigenvalue weighted by Gasteiger charge is -2.50. The summed E-state index contributed by atoms with van der Waals surface area (Å²) in [5.41, 5.74) is 1.35. The van der Waals surface area contributed by atoms with E-state index in [4.69, 9.17) is 16.3 Å². The van der Waals surface area contributed by atoms with E-state index in [1.807, 2.05) is 25.2 Å². The SMILES string of the molecule is CN=C(NCCc1ccc(OC)cc1Cl)NCC1(N2CCCCC2)CCN(C)CC1.I. The molecule has 2 aliphatic rings. The third kappa shape index (κ3) is 7.37. The van der Waals surface area contributed by atoms with Crippen molar-refractivity contribution < 1.29 is 4.74 Å². The van der Waals surface area contributed by atoms with E-state index in [9.17, 15) is 0 Å². The third-order valence-electron chi connectivity index (χ3n) is 6.70. The van der Waals surface area contributed by atoms with Crippen LogP contribution in [0.4, 0.5) is 0 Å². The summed E-state index contributed by atoms with van der Waals surface area (Å²) in [6, 6.07) is 5.85. The number of halogens is 2. The van der Waals surface area contributed by atoms with Crippen LogP contribution in [0.3, 0.4) is 0 Å². The molecule has 2 heterocycles. The first-order valence-electron chi connectivity index (χ1n) is 11.3. The zero-order valence-corrected chi connectivity index (χ0v) is 22.3. The van der Waals surface area contributed by atoms with Gasteiger partial charge in [0.1, 0.15) is 5.75 Å². The number of rotatable bonds is 7. The topological polar surface area (TPSA) is 52.1 Å². The van der Waals surface area contributed by atoms with E-state index in [-0.39, 0.29) is 29.5 Å². The molecule has 0 spiro atoms. The van der Waals surface area contributed by atoms with Gasteiger partial charge in [0.05, 0.1) is 7.11 Å². The Balaban J connectivity index is 0.00000341. The van der Waals surface area contributed by atoms with E-state index in [0.29, 0.717) is 0 Å². The highest BCUT2D eigenvalue weighted by Gasteiger charge is 2.39. The number of nitrogens with one attached hydrogen (secondary N) is 2. The van der Waals surface area contributed by atoms with Gasteiger partial charge in [0.25, 0.3) is 0 Å². The number of piperidine rings is 2. The molecule has 0 amide bonds. The molecule has 0 bridgehead atoms. The number of guanidine groups is 1. The van der Waals surface area contributed by atoms with Crippen LogP contribution >= 0.6 is 35.6 Å². The summed E-state index contributed by atoms with van der Waals surface area (Å²) in [7, 11) is 5.74. The van der Waals surface area contributed by atoms with Crippen LogP contribution in [-0.4, -0.2) is 81.8 Å². The van der Waals surface area contributed by atoms with Crippen molar-refractivity contribution in [3.63, 3.8) is 0 Å². The second-order valence-corrected chi connectivity index (χ2v) is 9.04. The number of methoxy groups -OCH3 is 1. The van der Waals surface area contributed by atoms with Crippen molar-refractivity contribution in [1.82, 2.24) is 20.4 Å². The van der Waals surface area contributed by atoms with Gasteiger partial charge in [-0.15, -0.1) is 24.0 Å². The molecule has 0 aromatic heterocycles. The average molecular weight is 564 g/mol. The van der Waals surface area contributed by atoms with Crippen molar-refractivity contribution in [2.45, 2.75) is 44.1 Å². The smallest absolute Gasteiger partial charge is 0.191 e. The molecule has 2 aliphatic heterocycles. The highest BCUT2D eigenvalue weighted by molar-refractivity contribution is 14.0. The van der Waals surface area contributed by atoms with Crippen molar-refractivity contribution >= 4 is 41.5 Å². The second kappa shape index (κ2) is 13.1. The normalized spacial score (nSPS) is 20.1. The molecular weight excluding hydrogens is 525 g/mol. The predicted octanol–water partition coefficient (Wildman–Crippen LogP) is 3.62. The lowest BCUT2D eigenvalue weighted by molar-refractivity contribution is 0.0173. The van der Waals surface area contributed by atoms with Gasteiger partial charge in [-0.3, -0.25) is 9.89 Å². The number of hydrogen-bond donors (Lipinski definition) is 2. The molecule has 0 atom stereocenters. The highest BCUT2D eigenvalue weighted by atomic mass is 127. The summed E-state index contributed by atoms with van der Waals surface area (Å²) in [6.45, 7) is 6.52. The molecule has 0 radical (unpaired) electrons. The number of ether oxygens (including phenoxy) is 1. The van der Waals surface area contributed by atoms with Gasteiger partial charge in [-0.2, -0.15) is 0 Å². The molecular formula is C23H39ClIN5O. The molecule has 3 rings (SSSR count). The first-order chi connectivity index (χ1) is 14.6. The fraction of sp³-hybridized carbons (Fsp3) is 0.696. The van der Waals surface area contributed by atoms with Gasteiger partial charge in [0.15, 0.2) is 5.96 Å². The Morgan fingerprint density at radius 3 is 2.45 bits per heavy atom. The van der Waals surface area contributed by atoms with Gasteiger partial charge in [0.2, 0.25) is 0 Å². The molecule has 2 saturated heterocycles. The van der Waals surface area contributed by atoms with Crippen LogP contribution in [0.25, 0.3) is 0 Å². The molecule has 1 aromatic rings. The van der Waals surface area contributed by atoms with Crippen molar-refractivity contribution in [2.75, 3.05) is 60.5 Å². The van der Waals surface area contributed by atoms with Crippen LogP contribution in [0.5, 0.6) is 5.75 Å². The molecule has 0 aliphatic carbocycles. The standard InChI is InChI=1S/C23H38ClN5O.HI/c1-25-22(26-12-9-19-7-8-20(30-3)17-21(19)24)27-18-23(10-15-28(2)16-11-23)29-13-5-4-6-14-29;/h7-8,17H,4-6,9-16,18H2,1-3H3,(H2,25,26,27);1H. The molecule has 6 nitrogen and oxygen atoms in total. The molecule has 2 N–H and O–H groups in total. The lowest BCUT2D eigenvalue weighted by Crippen LogP contribution is -2.62. The minimum absolute atomic E-state index is 0. The van der Waals surface area contributed by atoms with E-state index in [1.165, 1.54) is 58.3 Å². The lowest BCUT2D eigenvalue weighted by atomic mass is 9.84. The van der Waals surface area contributed by atoms with Crippen molar-refractivity contribution in [3.05, 3.63) is 28.8 Å². The summed E-state index contributed by atoms with van der Waals surface area (Å²) in [4.78, 5) is 9.66. The number of benzene rings is 1. The molecule has 0 unspecified atom stereocenters. The Morgan fingerprint density at radius 2 is 1.84 bits per heavy atom. The highest BCUT2D eigenvalue weighted by Crippen LogP contribution is 2.30.